The highest BCUT2D eigenvalue weighted by atomic mass is 16.6. The van der Waals surface area contributed by atoms with Crippen LogP contribution in [0, 0.1) is 11.3 Å². The van der Waals surface area contributed by atoms with E-state index in [2.05, 4.69) is 0 Å². The molecular weight excluding hydrogens is 346 g/mol. The Morgan fingerprint density at radius 1 is 0.889 bits per heavy atom. The molecule has 3 aromatic rings. The number of nitrogens with zero attached hydrogens (tertiary/aromatic N) is 1. The number of hydrogen-bond acceptors (Lipinski definition) is 6. The second-order valence-electron chi connectivity index (χ2n) is 5.49. The number of hydrogen-bond donors (Lipinski definition) is 0. The molecule has 0 saturated carbocycles. The number of furan rings is 1. The van der Waals surface area contributed by atoms with Gasteiger partial charge >= 0.3 is 5.97 Å². The van der Waals surface area contributed by atoms with Crippen molar-refractivity contribution in [3.05, 3.63) is 83.8 Å². The zero-order chi connectivity index (χ0) is 18.9. The van der Waals surface area contributed by atoms with E-state index in [9.17, 15) is 4.79 Å². The number of ether oxygens (including phenoxy) is 3. The third-order valence-corrected chi connectivity index (χ3v) is 3.56. The highest BCUT2D eigenvalue weighted by Crippen LogP contribution is 2.15. The molecule has 0 aliphatic carbocycles. The van der Waals surface area contributed by atoms with Crippen LogP contribution in [0.1, 0.15) is 21.9 Å². The SMILES string of the molecule is N#Cc1ccc(OCCOC(=O)c2ccc(COc3ccccc3)o2)cc1. The fourth-order valence-corrected chi connectivity index (χ4v) is 2.23. The first kappa shape index (κ1) is 18.1. The van der Waals surface area contributed by atoms with Crippen LogP contribution in [0.15, 0.2) is 71.1 Å². The number of carbonyl (C=O) groups is 1. The molecule has 3 rings (SSSR count). The Kier molecular flexibility index (Phi) is 6.10. The highest BCUT2D eigenvalue weighted by molar-refractivity contribution is 5.86. The second-order valence-corrected chi connectivity index (χ2v) is 5.49. The van der Waals surface area contributed by atoms with E-state index < -0.39 is 5.97 Å². The molecule has 136 valence electrons. The van der Waals surface area contributed by atoms with E-state index in [-0.39, 0.29) is 25.6 Å². The maximum Gasteiger partial charge on any atom is 0.374 e. The molecule has 0 atom stereocenters. The number of carbonyl (C=O) groups excluding carboxylic acids is 1. The molecule has 1 aromatic heterocycles. The Morgan fingerprint density at radius 2 is 1.63 bits per heavy atom. The van der Waals surface area contributed by atoms with E-state index in [1.165, 1.54) is 0 Å². The Labute approximate surface area is 156 Å². The van der Waals surface area contributed by atoms with Gasteiger partial charge in [-0.05, 0) is 48.5 Å². The van der Waals surface area contributed by atoms with Crippen LogP contribution in [-0.2, 0) is 11.3 Å². The number of esters is 1. The summed E-state index contributed by atoms with van der Waals surface area (Å²) in [6.07, 6.45) is 0. The van der Waals surface area contributed by atoms with Crippen molar-refractivity contribution < 1.29 is 23.4 Å². The minimum absolute atomic E-state index is 0.0788. The largest absolute Gasteiger partial charge is 0.490 e. The second kappa shape index (κ2) is 9.11. The van der Waals surface area contributed by atoms with Crippen molar-refractivity contribution in [2.24, 2.45) is 0 Å². The Balaban J connectivity index is 1.40. The summed E-state index contributed by atoms with van der Waals surface area (Å²) < 4.78 is 21.6. The third-order valence-electron chi connectivity index (χ3n) is 3.56. The van der Waals surface area contributed by atoms with Crippen molar-refractivity contribution in [2.75, 3.05) is 13.2 Å². The topological polar surface area (TPSA) is 81.7 Å². The normalized spacial score (nSPS) is 10.0. The molecule has 0 amide bonds. The van der Waals surface area contributed by atoms with E-state index >= 15 is 0 Å². The molecule has 0 radical (unpaired) electrons. The van der Waals surface area contributed by atoms with Gasteiger partial charge in [0.25, 0.3) is 0 Å². The first-order valence-electron chi connectivity index (χ1n) is 8.31. The van der Waals surface area contributed by atoms with Crippen molar-refractivity contribution >= 4 is 5.97 Å². The summed E-state index contributed by atoms with van der Waals surface area (Å²) >= 11 is 0. The molecule has 1 heterocycles. The van der Waals surface area contributed by atoms with E-state index in [4.69, 9.17) is 23.9 Å². The maximum atomic E-state index is 12.0. The average Bonchev–Trinajstić information content (AvgIpc) is 3.20. The van der Waals surface area contributed by atoms with Crippen LogP contribution in [0.3, 0.4) is 0 Å². The van der Waals surface area contributed by atoms with Crippen LogP contribution in [0.2, 0.25) is 0 Å². The van der Waals surface area contributed by atoms with Crippen LogP contribution in [-0.4, -0.2) is 19.2 Å². The van der Waals surface area contributed by atoms with Crippen LogP contribution >= 0.6 is 0 Å². The van der Waals surface area contributed by atoms with Crippen molar-refractivity contribution in [3.63, 3.8) is 0 Å². The molecule has 0 bridgehead atoms. The van der Waals surface area contributed by atoms with Gasteiger partial charge in [0.2, 0.25) is 5.76 Å². The van der Waals surface area contributed by atoms with Gasteiger partial charge in [0, 0.05) is 0 Å². The Hall–Kier alpha value is -3.72. The Morgan fingerprint density at radius 3 is 2.37 bits per heavy atom. The summed E-state index contributed by atoms with van der Waals surface area (Å²) in [5.74, 6) is 1.39. The first-order chi connectivity index (χ1) is 13.2. The molecule has 0 fully saturated rings. The lowest BCUT2D eigenvalue weighted by atomic mass is 10.2. The number of rotatable bonds is 8. The van der Waals surface area contributed by atoms with E-state index in [1.54, 1.807) is 36.4 Å². The van der Waals surface area contributed by atoms with Crippen LogP contribution < -0.4 is 9.47 Å². The minimum atomic E-state index is -0.565. The molecule has 6 heteroatoms. The van der Waals surface area contributed by atoms with Gasteiger partial charge in [0.15, 0.2) is 0 Å². The van der Waals surface area contributed by atoms with Crippen molar-refractivity contribution in [2.45, 2.75) is 6.61 Å². The Bertz CT molecular complexity index is 910. The molecule has 27 heavy (non-hydrogen) atoms. The molecule has 0 unspecified atom stereocenters. The van der Waals surface area contributed by atoms with Gasteiger partial charge in [-0.1, -0.05) is 18.2 Å². The average molecular weight is 363 g/mol. The number of para-hydroxylation sites is 1. The molecule has 0 spiro atoms. The van der Waals surface area contributed by atoms with Crippen molar-refractivity contribution in [1.82, 2.24) is 0 Å². The molecule has 0 saturated heterocycles. The van der Waals surface area contributed by atoms with Gasteiger partial charge in [-0.2, -0.15) is 5.26 Å². The standard InChI is InChI=1S/C21H17NO5/c22-14-16-6-8-18(9-7-16)24-12-13-25-21(23)20-11-10-19(27-20)15-26-17-4-2-1-3-5-17/h1-11H,12-13,15H2. The number of nitriles is 1. The van der Waals surface area contributed by atoms with Crippen LogP contribution in [0.25, 0.3) is 0 Å². The van der Waals surface area contributed by atoms with Crippen molar-refractivity contribution in [3.8, 4) is 17.6 Å². The fourth-order valence-electron chi connectivity index (χ4n) is 2.23. The van der Waals surface area contributed by atoms with Gasteiger partial charge in [-0.25, -0.2) is 4.79 Å². The minimum Gasteiger partial charge on any atom is -0.490 e. The first-order valence-corrected chi connectivity index (χ1v) is 8.31. The molecule has 0 aliphatic heterocycles. The number of benzene rings is 2. The zero-order valence-electron chi connectivity index (χ0n) is 14.5. The van der Waals surface area contributed by atoms with E-state index in [0.29, 0.717) is 17.1 Å². The smallest absolute Gasteiger partial charge is 0.374 e. The third kappa shape index (κ3) is 5.38. The maximum absolute atomic E-state index is 12.0. The van der Waals surface area contributed by atoms with E-state index in [1.807, 2.05) is 36.4 Å². The molecule has 0 N–H and O–H groups in total. The lowest BCUT2D eigenvalue weighted by Crippen LogP contribution is -2.11. The summed E-state index contributed by atoms with van der Waals surface area (Å²) in [6.45, 7) is 0.497. The van der Waals surface area contributed by atoms with Crippen molar-refractivity contribution in [1.29, 1.82) is 5.26 Å². The molecular formula is C21H17NO5. The molecule has 0 aliphatic rings. The lowest BCUT2D eigenvalue weighted by Gasteiger charge is -2.06. The van der Waals surface area contributed by atoms with Gasteiger partial charge < -0.3 is 18.6 Å². The quantitative estimate of drug-likeness (QED) is 0.445. The highest BCUT2D eigenvalue weighted by Gasteiger charge is 2.13. The van der Waals surface area contributed by atoms with E-state index in [0.717, 1.165) is 5.75 Å². The predicted octanol–water partition coefficient (Wildman–Crippen LogP) is 3.97. The zero-order valence-corrected chi connectivity index (χ0v) is 14.5. The summed E-state index contributed by atoms with van der Waals surface area (Å²) in [4.78, 5) is 12.0. The summed E-state index contributed by atoms with van der Waals surface area (Å²) in [7, 11) is 0. The van der Waals surface area contributed by atoms with Crippen LogP contribution in [0.4, 0.5) is 0 Å². The summed E-state index contributed by atoms with van der Waals surface area (Å²) in [6, 6.07) is 21.3. The van der Waals surface area contributed by atoms with Crippen LogP contribution in [0.5, 0.6) is 11.5 Å². The molecule has 6 nitrogen and oxygen atoms in total. The lowest BCUT2D eigenvalue weighted by molar-refractivity contribution is 0.0411. The summed E-state index contributed by atoms with van der Waals surface area (Å²) in [5.41, 5.74) is 0.554. The monoisotopic (exact) mass is 363 g/mol. The van der Waals surface area contributed by atoms with Gasteiger partial charge in [0.1, 0.15) is 37.1 Å². The van der Waals surface area contributed by atoms with Gasteiger partial charge in [-0.15, -0.1) is 0 Å². The predicted molar refractivity (Wildman–Crippen MR) is 96.4 cm³/mol. The fraction of sp³-hybridized carbons (Fsp3) is 0.143. The van der Waals surface area contributed by atoms with Gasteiger partial charge in [0.05, 0.1) is 11.6 Å². The van der Waals surface area contributed by atoms with Gasteiger partial charge in [-0.3, -0.25) is 0 Å². The molecule has 2 aromatic carbocycles. The summed E-state index contributed by atoms with van der Waals surface area (Å²) in [5, 5.41) is 8.74.